The van der Waals surface area contributed by atoms with Gasteiger partial charge in [-0.2, -0.15) is 0 Å². The molecule has 2 aromatic carbocycles. The molecule has 0 aliphatic carbocycles. The van der Waals surface area contributed by atoms with Gasteiger partial charge in [-0.3, -0.25) is 9.59 Å². The lowest BCUT2D eigenvalue weighted by atomic mass is 10.1. The first kappa shape index (κ1) is 17.8. The number of carbonyl (C=O) groups is 2. The summed E-state index contributed by atoms with van der Waals surface area (Å²) >= 11 is 9.25. The maximum Gasteiger partial charge on any atom is 0.229 e. The molecule has 1 saturated heterocycles. The summed E-state index contributed by atoms with van der Waals surface area (Å²) in [5.41, 5.74) is 1.37. The van der Waals surface area contributed by atoms with Crippen LogP contribution in [0.2, 0.25) is 5.02 Å². The lowest BCUT2D eigenvalue weighted by Gasteiger charge is -2.17. The normalized spacial score (nSPS) is 16.8. The lowest BCUT2D eigenvalue weighted by molar-refractivity contribution is -0.122. The molecule has 130 valence electrons. The van der Waals surface area contributed by atoms with E-state index in [1.807, 2.05) is 0 Å². The van der Waals surface area contributed by atoms with Gasteiger partial charge in [0.25, 0.3) is 0 Å². The van der Waals surface area contributed by atoms with Gasteiger partial charge in [0.1, 0.15) is 5.75 Å². The molecule has 0 spiro atoms. The fraction of sp³-hybridized carbons (Fsp3) is 0.222. The molecule has 0 bridgehead atoms. The second-order valence-electron chi connectivity index (χ2n) is 5.72. The number of nitrogens with one attached hydrogen (secondary N) is 1. The van der Waals surface area contributed by atoms with Gasteiger partial charge in [-0.1, -0.05) is 11.6 Å². The molecule has 0 saturated carbocycles. The van der Waals surface area contributed by atoms with Crippen LogP contribution in [0.1, 0.15) is 6.42 Å². The third kappa shape index (κ3) is 3.96. The molecular formula is C18H16BrClN2O3. The molecule has 25 heavy (non-hydrogen) atoms. The average molecular weight is 424 g/mol. The molecule has 2 amide bonds. The van der Waals surface area contributed by atoms with Crippen LogP contribution in [-0.4, -0.2) is 25.5 Å². The van der Waals surface area contributed by atoms with E-state index in [9.17, 15) is 9.59 Å². The van der Waals surface area contributed by atoms with E-state index >= 15 is 0 Å². The van der Waals surface area contributed by atoms with Crippen molar-refractivity contribution < 1.29 is 14.3 Å². The zero-order chi connectivity index (χ0) is 18.0. The van der Waals surface area contributed by atoms with Crippen LogP contribution in [0.15, 0.2) is 46.9 Å². The Labute approximate surface area is 159 Å². The molecule has 1 heterocycles. The van der Waals surface area contributed by atoms with E-state index in [1.54, 1.807) is 54.5 Å². The number of ether oxygens (including phenoxy) is 1. The van der Waals surface area contributed by atoms with Crippen LogP contribution >= 0.6 is 27.5 Å². The average Bonchev–Trinajstić information content (AvgIpc) is 2.99. The Kier molecular flexibility index (Phi) is 5.30. The molecule has 7 heteroatoms. The Bertz CT molecular complexity index is 810. The van der Waals surface area contributed by atoms with Gasteiger partial charge in [0.15, 0.2) is 0 Å². The summed E-state index contributed by atoms with van der Waals surface area (Å²) < 4.78 is 6.03. The van der Waals surface area contributed by atoms with Gasteiger partial charge in [-0.15, -0.1) is 0 Å². The quantitative estimate of drug-likeness (QED) is 0.805. The van der Waals surface area contributed by atoms with Gasteiger partial charge < -0.3 is 15.0 Å². The van der Waals surface area contributed by atoms with Crippen LogP contribution in [0.25, 0.3) is 0 Å². The van der Waals surface area contributed by atoms with Gasteiger partial charge in [0.2, 0.25) is 11.8 Å². The predicted octanol–water partition coefficient (Wildman–Crippen LogP) is 4.10. The standard InChI is InChI=1S/C18H16BrClN2O3/c1-25-16-9-13(4-7-15(16)19)21-18(24)11-8-17(23)22(10-11)14-5-2-12(20)3-6-14/h2-7,9,11H,8,10H2,1H3,(H,21,24)/t11-/m1/s1. The van der Waals surface area contributed by atoms with E-state index in [0.29, 0.717) is 23.0 Å². The number of hydrogen-bond acceptors (Lipinski definition) is 3. The number of methoxy groups -OCH3 is 1. The first-order valence-electron chi connectivity index (χ1n) is 7.68. The molecule has 5 nitrogen and oxygen atoms in total. The second kappa shape index (κ2) is 7.45. The summed E-state index contributed by atoms with van der Waals surface area (Å²) in [6.07, 6.45) is 0.183. The van der Waals surface area contributed by atoms with Crippen molar-refractivity contribution in [2.75, 3.05) is 23.9 Å². The van der Waals surface area contributed by atoms with Crippen molar-refractivity contribution in [2.24, 2.45) is 5.92 Å². The lowest BCUT2D eigenvalue weighted by Crippen LogP contribution is -2.28. The third-order valence-electron chi connectivity index (χ3n) is 4.05. The Morgan fingerprint density at radius 2 is 2.00 bits per heavy atom. The SMILES string of the molecule is COc1cc(NC(=O)[C@@H]2CC(=O)N(c3ccc(Cl)cc3)C2)ccc1Br. The Balaban J connectivity index is 1.69. The molecule has 1 fully saturated rings. The molecule has 3 rings (SSSR count). The van der Waals surface area contributed by atoms with Crippen molar-refractivity contribution in [1.82, 2.24) is 0 Å². The fourth-order valence-corrected chi connectivity index (χ4v) is 3.27. The number of anilines is 2. The van der Waals surface area contributed by atoms with E-state index in [4.69, 9.17) is 16.3 Å². The molecular weight excluding hydrogens is 408 g/mol. The zero-order valence-corrected chi connectivity index (χ0v) is 15.8. The number of carbonyl (C=O) groups excluding carboxylic acids is 2. The minimum absolute atomic E-state index is 0.0733. The highest BCUT2D eigenvalue weighted by Gasteiger charge is 2.35. The largest absolute Gasteiger partial charge is 0.495 e. The summed E-state index contributed by atoms with van der Waals surface area (Å²) in [6, 6.07) is 12.3. The molecule has 1 atom stereocenters. The minimum Gasteiger partial charge on any atom is -0.495 e. The van der Waals surface area contributed by atoms with Gasteiger partial charge >= 0.3 is 0 Å². The molecule has 0 aromatic heterocycles. The van der Waals surface area contributed by atoms with Crippen molar-refractivity contribution in [3.8, 4) is 5.75 Å². The van der Waals surface area contributed by atoms with E-state index in [0.717, 1.165) is 10.2 Å². The number of hydrogen-bond donors (Lipinski definition) is 1. The van der Waals surface area contributed by atoms with Crippen LogP contribution < -0.4 is 15.0 Å². The van der Waals surface area contributed by atoms with Crippen molar-refractivity contribution in [2.45, 2.75) is 6.42 Å². The summed E-state index contributed by atoms with van der Waals surface area (Å²) in [5, 5.41) is 3.45. The van der Waals surface area contributed by atoms with E-state index in [1.165, 1.54) is 0 Å². The highest BCUT2D eigenvalue weighted by Crippen LogP contribution is 2.30. The number of halogens is 2. The molecule has 1 aliphatic rings. The van der Waals surface area contributed by atoms with Gasteiger partial charge in [-0.25, -0.2) is 0 Å². The summed E-state index contributed by atoms with van der Waals surface area (Å²) in [5.74, 6) is -0.0362. The second-order valence-corrected chi connectivity index (χ2v) is 7.01. The third-order valence-corrected chi connectivity index (χ3v) is 4.96. The van der Waals surface area contributed by atoms with Gasteiger partial charge in [0.05, 0.1) is 17.5 Å². The van der Waals surface area contributed by atoms with Crippen LogP contribution in [0.5, 0.6) is 5.75 Å². The van der Waals surface area contributed by atoms with Gasteiger partial charge in [0, 0.05) is 35.4 Å². The molecule has 1 N–H and O–H groups in total. The topological polar surface area (TPSA) is 58.6 Å². The van der Waals surface area contributed by atoms with Crippen molar-refractivity contribution in [3.05, 3.63) is 52.0 Å². The van der Waals surface area contributed by atoms with Crippen molar-refractivity contribution in [3.63, 3.8) is 0 Å². The highest BCUT2D eigenvalue weighted by molar-refractivity contribution is 9.10. The van der Waals surface area contributed by atoms with Crippen LogP contribution in [-0.2, 0) is 9.59 Å². The zero-order valence-electron chi connectivity index (χ0n) is 13.5. The van der Waals surface area contributed by atoms with E-state index in [2.05, 4.69) is 21.2 Å². The summed E-state index contributed by atoms with van der Waals surface area (Å²) in [7, 11) is 1.56. The monoisotopic (exact) mass is 422 g/mol. The number of nitrogens with zero attached hydrogens (tertiary/aromatic N) is 1. The van der Waals surface area contributed by atoms with E-state index in [-0.39, 0.29) is 18.2 Å². The van der Waals surface area contributed by atoms with Crippen molar-refractivity contribution >= 4 is 50.7 Å². The predicted molar refractivity (Wildman–Crippen MR) is 101 cm³/mol. The number of benzene rings is 2. The smallest absolute Gasteiger partial charge is 0.229 e. The van der Waals surface area contributed by atoms with Crippen molar-refractivity contribution in [1.29, 1.82) is 0 Å². The van der Waals surface area contributed by atoms with Crippen LogP contribution in [0.4, 0.5) is 11.4 Å². The molecule has 1 aliphatic heterocycles. The Morgan fingerprint density at radius 3 is 2.68 bits per heavy atom. The maximum absolute atomic E-state index is 12.5. The summed E-state index contributed by atoms with van der Waals surface area (Å²) in [6.45, 7) is 0.347. The maximum atomic E-state index is 12.5. The minimum atomic E-state index is -0.405. The molecule has 2 aromatic rings. The highest BCUT2D eigenvalue weighted by atomic mass is 79.9. The number of amides is 2. The first-order valence-corrected chi connectivity index (χ1v) is 8.85. The number of rotatable bonds is 4. The molecule has 0 unspecified atom stereocenters. The van der Waals surface area contributed by atoms with Gasteiger partial charge in [-0.05, 0) is 52.3 Å². The Hall–Kier alpha value is -2.05. The summed E-state index contributed by atoms with van der Waals surface area (Å²) in [4.78, 5) is 26.4. The van der Waals surface area contributed by atoms with E-state index < -0.39 is 5.92 Å². The molecule has 0 radical (unpaired) electrons. The first-order chi connectivity index (χ1) is 12.0. The van der Waals surface area contributed by atoms with Crippen LogP contribution in [0, 0.1) is 5.92 Å². The fourth-order valence-electron chi connectivity index (χ4n) is 2.74. The Morgan fingerprint density at radius 1 is 1.28 bits per heavy atom. The van der Waals surface area contributed by atoms with Crippen LogP contribution in [0.3, 0.4) is 0 Å².